The van der Waals surface area contributed by atoms with E-state index >= 15 is 0 Å². The fourth-order valence-corrected chi connectivity index (χ4v) is 3.19. The van der Waals surface area contributed by atoms with Gasteiger partial charge in [0.1, 0.15) is 5.75 Å². The van der Waals surface area contributed by atoms with Gasteiger partial charge >= 0.3 is 0 Å². The summed E-state index contributed by atoms with van der Waals surface area (Å²) in [5, 5.41) is 3.71. The number of ether oxygens (including phenoxy) is 1. The lowest BCUT2D eigenvalue weighted by Gasteiger charge is -2.32. The van der Waals surface area contributed by atoms with Crippen molar-refractivity contribution in [2.24, 2.45) is 5.92 Å². The van der Waals surface area contributed by atoms with E-state index < -0.39 is 0 Å². The zero-order chi connectivity index (χ0) is 15.2. The molecule has 0 spiro atoms. The number of hydrogen-bond donors (Lipinski definition) is 1. The molecule has 1 aliphatic rings. The second-order valence-electron chi connectivity index (χ2n) is 6.46. The molecule has 0 bridgehead atoms. The number of rotatable bonds is 7. The summed E-state index contributed by atoms with van der Waals surface area (Å²) in [4.78, 5) is 2.65. The Labute approximate surface area is 129 Å². The van der Waals surface area contributed by atoms with Gasteiger partial charge in [-0.15, -0.1) is 0 Å². The molecule has 1 fully saturated rings. The van der Waals surface area contributed by atoms with Crippen molar-refractivity contribution in [3.05, 3.63) is 29.8 Å². The Morgan fingerprint density at radius 2 is 1.90 bits per heavy atom. The van der Waals surface area contributed by atoms with Crippen LogP contribution in [-0.2, 0) is 0 Å². The van der Waals surface area contributed by atoms with Crippen molar-refractivity contribution < 1.29 is 4.74 Å². The van der Waals surface area contributed by atoms with Crippen molar-refractivity contribution in [3.8, 4) is 5.75 Å². The fraction of sp³-hybridized carbons (Fsp3) is 0.667. The minimum Gasteiger partial charge on any atom is -0.497 e. The summed E-state index contributed by atoms with van der Waals surface area (Å²) >= 11 is 0. The van der Waals surface area contributed by atoms with Crippen LogP contribution in [0.1, 0.15) is 45.2 Å². The first-order valence-corrected chi connectivity index (χ1v) is 8.23. The molecule has 1 aromatic carbocycles. The first-order chi connectivity index (χ1) is 10.1. The van der Waals surface area contributed by atoms with Crippen molar-refractivity contribution >= 4 is 0 Å². The molecular formula is C18H30N2O. The lowest BCUT2D eigenvalue weighted by atomic mass is 10.0. The van der Waals surface area contributed by atoms with Crippen molar-refractivity contribution in [1.29, 1.82) is 0 Å². The molecule has 118 valence electrons. The molecule has 3 nitrogen and oxygen atoms in total. The largest absolute Gasteiger partial charge is 0.497 e. The van der Waals surface area contributed by atoms with Gasteiger partial charge in [-0.05, 0) is 56.5 Å². The van der Waals surface area contributed by atoms with Gasteiger partial charge in [-0.3, -0.25) is 4.90 Å². The number of nitrogens with zero attached hydrogens (tertiary/aromatic N) is 1. The minimum atomic E-state index is 0.351. The molecule has 1 heterocycles. The standard InChI is InChI=1S/C18H30N2O/c1-14(2)18(20-10-5-6-11-20)13-19-15(3)16-8-7-9-17(12-16)21-4/h7-9,12,14-15,18-19H,5-6,10-11,13H2,1-4H3. The van der Waals surface area contributed by atoms with Gasteiger partial charge in [0.15, 0.2) is 0 Å². The van der Waals surface area contributed by atoms with Crippen molar-refractivity contribution in [1.82, 2.24) is 10.2 Å². The second-order valence-corrected chi connectivity index (χ2v) is 6.46. The highest BCUT2D eigenvalue weighted by Crippen LogP contribution is 2.21. The number of likely N-dealkylation sites (tertiary alicyclic amines) is 1. The molecule has 0 radical (unpaired) electrons. The van der Waals surface area contributed by atoms with Gasteiger partial charge in [-0.1, -0.05) is 26.0 Å². The molecule has 0 saturated carbocycles. The third-order valence-corrected chi connectivity index (χ3v) is 4.61. The first-order valence-electron chi connectivity index (χ1n) is 8.23. The van der Waals surface area contributed by atoms with Crippen molar-refractivity contribution in [2.75, 3.05) is 26.7 Å². The SMILES string of the molecule is COc1cccc(C(C)NCC(C(C)C)N2CCCC2)c1. The minimum absolute atomic E-state index is 0.351. The molecule has 1 N–H and O–H groups in total. The van der Waals surface area contributed by atoms with Crippen molar-refractivity contribution in [2.45, 2.75) is 45.7 Å². The summed E-state index contributed by atoms with van der Waals surface area (Å²) in [7, 11) is 1.72. The molecular weight excluding hydrogens is 260 g/mol. The van der Waals surface area contributed by atoms with E-state index in [1.807, 2.05) is 6.07 Å². The predicted molar refractivity (Wildman–Crippen MR) is 88.8 cm³/mol. The monoisotopic (exact) mass is 290 g/mol. The third kappa shape index (κ3) is 4.45. The van der Waals surface area contributed by atoms with Crippen LogP contribution in [0.2, 0.25) is 0 Å². The van der Waals surface area contributed by atoms with Gasteiger partial charge < -0.3 is 10.1 Å². The molecule has 21 heavy (non-hydrogen) atoms. The highest BCUT2D eigenvalue weighted by atomic mass is 16.5. The van der Waals surface area contributed by atoms with Gasteiger partial charge in [0.25, 0.3) is 0 Å². The Bertz CT molecular complexity index is 427. The Morgan fingerprint density at radius 1 is 1.19 bits per heavy atom. The average molecular weight is 290 g/mol. The van der Waals surface area contributed by atoms with Crippen LogP contribution >= 0.6 is 0 Å². The number of nitrogens with one attached hydrogen (secondary N) is 1. The third-order valence-electron chi connectivity index (χ3n) is 4.61. The maximum Gasteiger partial charge on any atom is 0.119 e. The zero-order valence-electron chi connectivity index (χ0n) is 13.9. The smallest absolute Gasteiger partial charge is 0.119 e. The first kappa shape index (κ1) is 16.3. The normalized spacial score (nSPS) is 18.9. The highest BCUT2D eigenvalue weighted by molar-refractivity contribution is 5.30. The molecule has 2 rings (SSSR count). The van der Waals surface area contributed by atoms with Crippen LogP contribution in [0.5, 0.6) is 5.75 Å². The Kier molecular flexibility index (Phi) is 6.07. The highest BCUT2D eigenvalue weighted by Gasteiger charge is 2.24. The summed E-state index contributed by atoms with van der Waals surface area (Å²) in [5.74, 6) is 1.62. The molecule has 1 aliphatic heterocycles. The van der Waals surface area contributed by atoms with Gasteiger partial charge in [0.05, 0.1) is 7.11 Å². The number of benzene rings is 1. The summed E-state index contributed by atoms with van der Waals surface area (Å²) in [5.41, 5.74) is 1.29. The number of hydrogen-bond acceptors (Lipinski definition) is 3. The molecule has 2 unspecified atom stereocenters. The van der Waals surface area contributed by atoms with Crippen LogP contribution in [0.25, 0.3) is 0 Å². The lowest BCUT2D eigenvalue weighted by molar-refractivity contribution is 0.183. The van der Waals surface area contributed by atoms with Gasteiger partial charge in [0.2, 0.25) is 0 Å². The van der Waals surface area contributed by atoms with Crippen LogP contribution < -0.4 is 10.1 Å². The van der Waals surface area contributed by atoms with Crippen LogP contribution in [0.4, 0.5) is 0 Å². The molecule has 1 saturated heterocycles. The molecule has 3 heteroatoms. The van der Waals surface area contributed by atoms with Gasteiger partial charge in [0, 0.05) is 18.6 Å². The lowest BCUT2D eigenvalue weighted by Crippen LogP contribution is -2.44. The van der Waals surface area contributed by atoms with Gasteiger partial charge in [-0.25, -0.2) is 0 Å². The van der Waals surface area contributed by atoms with E-state index in [1.54, 1.807) is 7.11 Å². The van der Waals surface area contributed by atoms with Crippen LogP contribution in [0.3, 0.4) is 0 Å². The molecule has 1 aromatic rings. The van der Waals surface area contributed by atoms with E-state index in [2.05, 4.69) is 49.2 Å². The van der Waals surface area contributed by atoms with E-state index in [1.165, 1.54) is 31.5 Å². The van der Waals surface area contributed by atoms with E-state index in [-0.39, 0.29) is 0 Å². The Hall–Kier alpha value is -1.06. The summed E-state index contributed by atoms with van der Waals surface area (Å²) in [6.07, 6.45) is 2.71. The molecule has 0 aliphatic carbocycles. The fourth-order valence-electron chi connectivity index (χ4n) is 3.19. The quantitative estimate of drug-likeness (QED) is 0.832. The second kappa shape index (κ2) is 7.81. The van der Waals surface area contributed by atoms with E-state index in [4.69, 9.17) is 4.74 Å². The van der Waals surface area contributed by atoms with Crippen LogP contribution in [-0.4, -0.2) is 37.7 Å². The number of methoxy groups -OCH3 is 1. The molecule has 0 aromatic heterocycles. The molecule has 0 amide bonds. The predicted octanol–water partition coefficient (Wildman–Crippen LogP) is 3.47. The summed E-state index contributed by atoms with van der Waals surface area (Å²) in [6.45, 7) is 10.5. The van der Waals surface area contributed by atoms with Crippen molar-refractivity contribution in [3.63, 3.8) is 0 Å². The summed E-state index contributed by atoms with van der Waals surface area (Å²) < 4.78 is 5.31. The van der Waals surface area contributed by atoms with E-state index in [9.17, 15) is 0 Å². The van der Waals surface area contributed by atoms with Crippen LogP contribution in [0, 0.1) is 5.92 Å². The average Bonchev–Trinajstić information content (AvgIpc) is 3.01. The molecule has 2 atom stereocenters. The summed E-state index contributed by atoms with van der Waals surface area (Å²) in [6, 6.07) is 9.34. The zero-order valence-corrected chi connectivity index (χ0v) is 13.9. The van der Waals surface area contributed by atoms with E-state index in [0.29, 0.717) is 18.0 Å². The Balaban J connectivity index is 1.92. The van der Waals surface area contributed by atoms with E-state index in [0.717, 1.165) is 12.3 Å². The topological polar surface area (TPSA) is 24.5 Å². The van der Waals surface area contributed by atoms with Crippen LogP contribution in [0.15, 0.2) is 24.3 Å². The Morgan fingerprint density at radius 3 is 2.52 bits per heavy atom. The maximum atomic E-state index is 5.31. The maximum absolute atomic E-state index is 5.31. The van der Waals surface area contributed by atoms with Gasteiger partial charge in [-0.2, -0.15) is 0 Å².